The fourth-order valence-electron chi connectivity index (χ4n) is 3.02. The number of carbonyl (C=O) groups is 1. The van der Waals surface area contributed by atoms with Crippen molar-refractivity contribution in [3.05, 3.63) is 18.2 Å². The van der Waals surface area contributed by atoms with E-state index in [1.54, 1.807) is 7.11 Å². The number of hydrogen-bond donors (Lipinski definition) is 2. The lowest BCUT2D eigenvalue weighted by molar-refractivity contribution is -0.120. The average molecular weight is 422 g/mol. The normalized spacial score (nSPS) is 14.1. The summed E-state index contributed by atoms with van der Waals surface area (Å²) in [6.45, 7) is 9.54. The van der Waals surface area contributed by atoms with Gasteiger partial charge in [0.2, 0.25) is 5.91 Å². The summed E-state index contributed by atoms with van der Waals surface area (Å²) in [5, 5.41) is 6.29. The number of piperidine rings is 1. The van der Waals surface area contributed by atoms with Gasteiger partial charge in [0.1, 0.15) is 6.61 Å². The molecule has 8 heteroatoms. The summed E-state index contributed by atoms with van der Waals surface area (Å²) < 4.78 is 11.3. The third kappa shape index (κ3) is 8.13. The first-order valence-corrected chi connectivity index (χ1v) is 9.22. The highest BCUT2D eigenvalue weighted by molar-refractivity contribution is 5.93. The summed E-state index contributed by atoms with van der Waals surface area (Å²) in [6.07, 6.45) is 1.77. The number of nitrogens with zero attached hydrogens (tertiary/aromatic N) is 1. The van der Waals surface area contributed by atoms with E-state index in [1.807, 2.05) is 18.2 Å². The van der Waals surface area contributed by atoms with Crippen LogP contribution in [0.1, 0.15) is 26.7 Å². The van der Waals surface area contributed by atoms with Crippen LogP contribution >= 0.6 is 24.8 Å². The summed E-state index contributed by atoms with van der Waals surface area (Å²) in [7, 11) is 1.62. The van der Waals surface area contributed by atoms with Gasteiger partial charge < -0.3 is 25.0 Å². The van der Waals surface area contributed by atoms with Crippen LogP contribution in [0.4, 0.5) is 5.69 Å². The molecule has 27 heavy (non-hydrogen) atoms. The number of ether oxygens (including phenoxy) is 2. The topological polar surface area (TPSA) is 62.8 Å². The molecule has 0 aromatic heterocycles. The number of amides is 1. The Morgan fingerprint density at radius 2 is 1.85 bits per heavy atom. The molecule has 2 rings (SSSR count). The minimum atomic E-state index is 0. The van der Waals surface area contributed by atoms with E-state index >= 15 is 0 Å². The Morgan fingerprint density at radius 3 is 2.44 bits per heavy atom. The van der Waals surface area contributed by atoms with Gasteiger partial charge in [-0.25, -0.2) is 0 Å². The highest BCUT2D eigenvalue weighted by Crippen LogP contribution is 2.30. The van der Waals surface area contributed by atoms with Gasteiger partial charge in [0, 0.05) is 24.2 Å². The van der Waals surface area contributed by atoms with Crippen molar-refractivity contribution in [2.24, 2.45) is 5.92 Å². The minimum Gasteiger partial charge on any atom is -0.493 e. The SMILES string of the molecule is CCN(CC)CCOc1cc(NC(=O)C2CCNCC2)ccc1OC.Cl.Cl. The predicted octanol–water partition coefficient (Wildman–Crippen LogP) is 3.20. The molecule has 1 amide bonds. The number of likely N-dealkylation sites (N-methyl/N-ethyl adjacent to an activating group) is 1. The molecule has 2 N–H and O–H groups in total. The maximum absolute atomic E-state index is 12.4. The molecule has 1 saturated heterocycles. The van der Waals surface area contributed by atoms with Crippen LogP contribution in [0.25, 0.3) is 0 Å². The van der Waals surface area contributed by atoms with Gasteiger partial charge >= 0.3 is 0 Å². The molecular weight excluding hydrogens is 389 g/mol. The summed E-state index contributed by atoms with van der Waals surface area (Å²) >= 11 is 0. The Bertz CT molecular complexity index is 551. The number of halogens is 2. The predicted molar refractivity (Wildman–Crippen MR) is 115 cm³/mol. The maximum Gasteiger partial charge on any atom is 0.227 e. The smallest absolute Gasteiger partial charge is 0.227 e. The molecule has 1 aliphatic heterocycles. The summed E-state index contributed by atoms with van der Waals surface area (Å²) in [5.74, 6) is 1.51. The number of carbonyl (C=O) groups excluding carboxylic acids is 1. The van der Waals surface area contributed by atoms with Gasteiger partial charge in [0.25, 0.3) is 0 Å². The molecule has 0 spiro atoms. The largest absolute Gasteiger partial charge is 0.493 e. The third-order valence-corrected chi connectivity index (χ3v) is 4.70. The van der Waals surface area contributed by atoms with Crippen molar-refractivity contribution in [3.8, 4) is 11.5 Å². The van der Waals surface area contributed by atoms with E-state index in [0.717, 1.165) is 51.3 Å². The first kappa shape index (κ1) is 25.8. The number of hydrogen-bond acceptors (Lipinski definition) is 5. The summed E-state index contributed by atoms with van der Waals surface area (Å²) in [5.41, 5.74) is 0.752. The number of anilines is 1. The standard InChI is InChI=1S/C19H31N3O3.2ClH/c1-4-22(5-2)12-13-25-18-14-16(6-7-17(18)24-3)21-19(23)15-8-10-20-11-9-15;;/h6-7,14-15,20H,4-5,8-13H2,1-3H3,(H,21,23);2*1H. The lowest BCUT2D eigenvalue weighted by Crippen LogP contribution is -2.34. The van der Waals surface area contributed by atoms with E-state index in [1.165, 1.54) is 0 Å². The van der Waals surface area contributed by atoms with E-state index in [0.29, 0.717) is 18.1 Å². The van der Waals surface area contributed by atoms with E-state index in [9.17, 15) is 4.79 Å². The Kier molecular flexibility index (Phi) is 13.3. The number of rotatable bonds is 9. The van der Waals surface area contributed by atoms with Crippen LogP contribution in [0.3, 0.4) is 0 Å². The fraction of sp³-hybridized carbons (Fsp3) is 0.632. The van der Waals surface area contributed by atoms with Crippen molar-refractivity contribution in [2.75, 3.05) is 51.8 Å². The molecule has 0 aliphatic carbocycles. The van der Waals surface area contributed by atoms with E-state index in [2.05, 4.69) is 29.4 Å². The molecule has 1 fully saturated rings. The van der Waals surface area contributed by atoms with Gasteiger partial charge in [0.15, 0.2) is 11.5 Å². The number of benzene rings is 1. The van der Waals surface area contributed by atoms with Crippen LogP contribution in [-0.2, 0) is 4.79 Å². The third-order valence-electron chi connectivity index (χ3n) is 4.70. The Labute approximate surface area is 175 Å². The van der Waals surface area contributed by atoms with Crippen molar-refractivity contribution < 1.29 is 14.3 Å². The van der Waals surface area contributed by atoms with Crippen molar-refractivity contribution in [1.82, 2.24) is 10.2 Å². The van der Waals surface area contributed by atoms with Crippen LogP contribution in [0.5, 0.6) is 11.5 Å². The van der Waals surface area contributed by atoms with Gasteiger partial charge in [-0.2, -0.15) is 0 Å². The van der Waals surface area contributed by atoms with Gasteiger partial charge in [-0.15, -0.1) is 24.8 Å². The highest BCUT2D eigenvalue weighted by atomic mass is 35.5. The first-order chi connectivity index (χ1) is 12.2. The second-order valence-corrected chi connectivity index (χ2v) is 6.25. The van der Waals surface area contributed by atoms with Crippen LogP contribution in [0, 0.1) is 5.92 Å². The molecule has 6 nitrogen and oxygen atoms in total. The number of methoxy groups -OCH3 is 1. The van der Waals surface area contributed by atoms with Crippen molar-refractivity contribution in [1.29, 1.82) is 0 Å². The van der Waals surface area contributed by atoms with E-state index < -0.39 is 0 Å². The van der Waals surface area contributed by atoms with Crippen LogP contribution in [-0.4, -0.2) is 57.2 Å². The van der Waals surface area contributed by atoms with Crippen LogP contribution in [0.2, 0.25) is 0 Å². The van der Waals surface area contributed by atoms with Gasteiger partial charge in [-0.1, -0.05) is 13.8 Å². The molecular formula is C19H33Cl2N3O3. The zero-order valence-electron chi connectivity index (χ0n) is 16.5. The minimum absolute atomic E-state index is 0. The van der Waals surface area contributed by atoms with Crippen molar-refractivity contribution in [3.63, 3.8) is 0 Å². The first-order valence-electron chi connectivity index (χ1n) is 9.22. The number of nitrogens with one attached hydrogen (secondary N) is 2. The Hall–Kier alpha value is -1.21. The Morgan fingerprint density at radius 1 is 1.19 bits per heavy atom. The monoisotopic (exact) mass is 421 g/mol. The second-order valence-electron chi connectivity index (χ2n) is 6.25. The highest BCUT2D eigenvalue weighted by Gasteiger charge is 2.21. The van der Waals surface area contributed by atoms with Crippen molar-refractivity contribution in [2.45, 2.75) is 26.7 Å². The van der Waals surface area contributed by atoms with Gasteiger partial charge in [-0.3, -0.25) is 4.79 Å². The molecule has 156 valence electrons. The van der Waals surface area contributed by atoms with Crippen LogP contribution < -0.4 is 20.1 Å². The zero-order chi connectivity index (χ0) is 18.1. The van der Waals surface area contributed by atoms with Gasteiger partial charge in [0.05, 0.1) is 7.11 Å². The maximum atomic E-state index is 12.4. The molecule has 1 aliphatic rings. The summed E-state index contributed by atoms with van der Waals surface area (Å²) in [4.78, 5) is 14.7. The molecule has 1 aromatic rings. The zero-order valence-corrected chi connectivity index (χ0v) is 18.1. The van der Waals surface area contributed by atoms with Gasteiger partial charge in [-0.05, 0) is 51.2 Å². The fourth-order valence-corrected chi connectivity index (χ4v) is 3.02. The van der Waals surface area contributed by atoms with Crippen LogP contribution in [0.15, 0.2) is 18.2 Å². The molecule has 0 unspecified atom stereocenters. The molecule has 0 saturated carbocycles. The molecule has 0 bridgehead atoms. The molecule has 1 aromatic carbocycles. The quantitative estimate of drug-likeness (QED) is 0.640. The summed E-state index contributed by atoms with van der Waals surface area (Å²) in [6, 6.07) is 5.54. The average Bonchev–Trinajstić information content (AvgIpc) is 2.66. The molecule has 0 atom stereocenters. The molecule has 0 radical (unpaired) electrons. The lowest BCUT2D eigenvalue weighted by atomic mass is 9.97. The lowest BCUT2D eigenvalue weighted by Gasteiger charge is -2.22. The second kappa shape index (κ2) is 13.9. The van der Waals surface area contributed by atoms with E-state index in [-0.39, 0.29) is 36.6 Å². The van der Waals surface area contributed by atoms with Crippen molar-refractivity contribution >= 4 is 36.4 Å². The van der Waals surface area contributed by atoms with E-state index in [4.69, 9.17) is 9.47 Å². The molecule has 1 heterocycles. The Balaban J connectivity index is 0.00000338.